The zero-order chi connectivity index (χ0) is 17.6. The molecule has 0 aliphatic carbocycles. The molecule has 3 rings (SSSR count). The highest BCUT2D eigenvalue weighted by Crippen LogP contribution is 2.16. The summed E-state index contributed by atoms with van der Waals surface area (Å²) in [5.41, 5.74) is 2.60. The lowest BCUT2D eigenvalue weighted by molar-refractivity contribution is 0.0745. The van der Waals surface area contributed by atoms with Crippen molar-refractivity contribution in [2.45, 2.75) is 13.5 Å². The van der Waals surface area contributed by atoms with Gasteiger partial charge in [0.25, 0.3) is 5.91 Å². The van der Waals surface area contributed by atoms with Gasteiger partial charge in [-0.2, -0.15) is 4.98 Å². The minimum atomic E-state index is -0.0978. The van der Waals surface area contributed by atoms with Crippen LogP contribution in [0.2, 0.25) is 0 Å². The second-order valence-electron chi connectivity index (χ2n) is 5.72. The van der Waals surface area contributed by atoms with Crippen LogP contribution in [0.15, 0.2) is 71.8 Å². The average molecular weight is 333 g/mol. The number of nitrogens with zero attached hydrogens (tertiary/aromatic N) is 3. The number of carbonyl (C=O) groups is 1. The van der Waals surface area contributed by atoms with Crippen molar-refractivity contribution in [3.8, 4) is 11.4 Å². The van der Waals surface area contributed by atoms with Crippen LogP contribution in [0.4, 0.5) is 0 Å². The zero-order valence-corrected chi connectivity index (χ0v) is 14.1. The van der Waals surface area contributed by atoms with Crippen LogP contribution < -0.4 is 0 Å². The van der Waals surface area contributed by atoms with Crippen molar-refractivity contribution in [3.05, 3.63) is 84.3 Å². The monoisotopic (exact) mass is 333 g/mol. The van der Waals surface area contributed by atoms with E-state index in [0.717, 1.165) is 11.1 Å². The standard InChI is InChI=1S/C20H19N3O2/c1-3-13-23(20(24)17-11-9-15(2)10-12-17)14-18-21-19(22-25-18)16-7-5-4-6-8-16/h3-12H,1,13-14H2,2H3. The summed E-state index contributed by atoms with van der Waals surface area (Å²) >= 11 is 0. The fraction of sp³-hybridized carbons (Fsp3) is 0.150. The number of benzene rings is 2. The van der Waals surface area contributed by atoms with Crippen molar-refractivity contribution in [1.82, 2.24) is 15.0 Å². The van der Waals surface area contributed by atoms with Crippen LogP contribution in [-0.4, -0.2) is 27.5 Å². The van der Waals surface area contributed by atoms with Gasteiger partial charge in [0.05, 0.1) is 0 Å². The van der Waals surface area contributed by atoms with Crippen LogP contribution >= 0.6 is 0 Å². The third-order valence-electron chi connectivity index (χ3n) is 3.76. The number of aromatic nitrogens is 2. The number of amides is 1. The first kappa shape index (κ1) is 16.6. The number of hydrogen-bond acceptors (Lipinski definition) is 4. The molecule has 5 nitrogen and oxygen atoms in total. The molecule has 0 atom stereocenters. The fourth-order valence-electron chi connectivity index (χ4n) is 2.44. The molecule has 0 unspecified atom stereocenters. The molecule has 0 aliphatic rings. The van der Waals surface area contributed by atoms with Crippen molar-refractivity contribution >= 4 is 5.91 Å². The summed E-state index contributed by atoms with van der Waals surface area (Å²) in [6.07, 6.45) is 1.68. The predicted molar refractivity (Wildman–Crippen MR) is 95.9 cm³/mol. The quantitative estimate of drug-likeness (QED) is 0.643. The molecule has 0 spiro atoms. The lowest BCUT2D eigenvalue weighted by Crippen LogP contribution is -2.30. The Morgan fingerprint density at radius 3 is 2.56 bits per heavy atom. The first-order valence-electron chi connectivity index (χ1n) is 8.02. The molecule has 0 N–H and O–H groups in total. The molecule has 0 aliphatic heterocycles. The van der Waals surface area contributed by atoms with Crippen molar-refractivity contribution in [1.29, 1.82) is 0 Å². The van der Waals surface area contributed by atoms with E-state index in [9.17, 15) is 4.79 Å². The summed E-state index contributed by atoms with van der Waals surface area (Å²) in [4.78, 5) is 18.7. The maximum Gasteiger partial charge on any atom is 0.254 e. The Morgan fingerprint density at radius 1 is 1.16 bits per heavy atom. The van der Waals surface area contributed by atoms with Crippen LogP contribution in [-0.2, 0) is 6.54 Å². The van der Waals surface area contributed by atoms with Gasteiger partial charge in [-0.15, -0.1) is 6.58 Å². The molecule has 25 heavy (non-hydrogen) atoms. The van der Waals surface area contributed by atoms with Crippen LogP contribution in [0.5, 0.6) is 0 Å². The minimum Gasteiger partial charge on any atom is -0.337 e. The smallest absolute Gasteiger partial charge is 0.254 e. The Morgan fingerprint density at radius 2 is 1.88 bits per heavy atom. The van der Waals surface area contributed by atoms with Crippen molar-refractivity contribution in [2.24, 2.45) is 0 Å². The second-order valence-corrected chi connectivity index (χ2v) is 5.72. The summed E-state index contributed by atoms with van der Waals surface area (Å²) in [6.45, 7) is 6.34. The molecule has 1 aromatic heterocycles. The molecular weight excluding hydrogens is 314 g/mol. The summed E-state index contributed by atoms with van der Waals surface area (Å²) in [5, 5.41) is 3.99. The van der Waals surface area contributed by atoms with Crippen molar-refractivity contribution in [3.63, 3.8) is 0 Å². The van der Waals surface area contributed by atoms with Gasteiger partial charge in [0.2, 0.25) is 11.7 Å². The summed E-state index contributed by atoms with van der Waals surface area (Å²) < 4.78 is 5.31. The topological polar surface area (TPSA) is 59.2 Å². The Balaban J connectivity index is 1.78. The van der Waals surface area contributed by atoms with Crippen LogP contribution in [0.25, 0.3) is 11.4 Å². The van der Waals surface area contributed by atoms with E-state index >= 15 is 0 Å². The largest absolute Gasteiger partial charge is 0.337 e. The molecule has 0 saturated heterocycles. The van der Waals surface area contributed by atoms with Gasteiger partial charge in [0.15, 0.2) is 0 Å². The molecule has 5 heteroatoms. The van der Waals surface area contributed by atoms with E-state index < -0.39 is 0 Å². The summed E-state index contributed by atoms with van der Waals surface area (Å²) in [7, 11) is 0. The highest BCUT2D eigenvalue weighted by molar-refractivity contribution is 5.94. The minimum absolute atomic E-state index is 0.0978. The number of hydrogen-bond donors (Lipinski definition) is 0. The molecule has 2 aromatic carbocycles. The molecule has 3 aromatic rings. The Labute approximate surface area is 146 Å². The highest BCUT2D eigenvalue weighted by Gasteiger charge is 2.18. The van der Waals surface area contributed by atoms with E-state index in [1.165, 1.54) is 0 Å². The van der Waals surface area contributed by atoms with Crippen molar-refractivity contribution < 1.29 is 9.32 Å². The number of carbonyl (C=O) groups excluding carboxylic acids is 1. The number of aryl methyl sites for hydroxylation is 1. The zero-order valence-electron chi connectivity index (χ0n) is 14.1. The normalized spacial score (nSPS) is 10.4. The predicted octanol–water partition coefficient (Wildman–Crippen LogP) is 3.87. The fourth-order valence-corrected chi connectivity index (χ4v) is 2.44. The van der Waals surface area contributed by atoms with E-state index in [1.807, 2.05) is 61.5 Å². The van der Waals surface area contributed by atoms with E-state index in [0.29, 0.717) is 23.8 Å². The second kappa shape index (κ2) is 7.57. The molecule has 126 valence electrons. The van der Waals surface area contributed by atoms with Crippen molar-refractivity contribution in [2.75, 3.05) is 6.54 Å². The SMILES string of the molecule is C=CCN(Cc1nc(-c2ccccc2)no1)C(=O)c1ccc(C)cc1. The molecule has 0 bridgehead atoms. The van der Waals surface area contributed by atoms with E-state index in [2.05, 4.69) is 16.7 Å². The van der Waals surface area contributed by atoms with E-state index in [1.54, 1.807) is 11.0 Å². The molecule has 1 amide bonds. The summed E-state index contributed by atoms with van der Waals surface area (Å²) in [6, 6.07) is 17.0. The summed E-state index contributed by atoms with van der Waals surface area (Å²) in [5.74, 6) is 0.803. The highest BCUT2D eigenvalue weighted by atomic mass is 16.5. The van der Waals surface area contributed by atoms with Gasteiger partial charge in [0, 0.05) is 17.7 Å². The lowest BCUT2D eigenvalue weighted by Gasteiger charge is -2.19. The molecule has 0 fully saturated rings. The first-order chi connectivity index (χ1) is 12.2. The van der Waals surface area contributed by atoms with Crippen LogP contribution in [0.1, 0.15) is 21.8 Å². The van der Waals surface area contributed by atoms with Gasteiger partial charge in [-0.3, -0.25) is 4.79 Å². The maximum absolute atomic E-state index is 12.7. The van der Waals surface area contributed by atoms with Gasteiger partial charge in [0.1, 0.15) is 6.54 Å². The third kappa shape index (κ3) is 4.01. The molecule has 0 radical (unpaired) electrons. The molecular formula is C20H19N3O2. The average Bonchev–Trinajstić information content (AvgIpc) is 3.11. The lowest BCUT2D eigenvalue weighted by atomic mass is 10.1. The Bertz CT molecular complexity index is 854. The molecule has 0 saturated carbocycles. The van der Waals surface area contributed by atoms with Gasteiger partial charge < -0.3 is 9.42 Å². The van der Waals surface area contributed by atoms with E-state index in [-0.39, 0.29) is 12.5 Å². The van der Waals surface area contributed by atoms with Crippen LogP contribution in [0, 0.1) is 6.92 Å². The first-order valence-corrected chi connectivity index (χ1v) is 8.02. The maximum atomic E-state index is 12.7. The van der Waals surface area contributed by atoms with Gasteiger partial charge >= 0.3 is 0 Å². The third-order valence-corrected chi connectivity index (χ3v) is 3.76. The number of rotatable bonds is 6. The molecule has 1 heterocycles. The van der Waals surface area contributed by atoms with Gasteiger partial charge in [-0.05, 0) is 19.1 Å². The Kier molecular flexibility index (Phi) is 5.04. The van der Waals surface area contributed by atoms with Gasteiger partial charge in [-0.1, -0.05) is 59.3 Å². The van der Waals surface area contributed by atoms with E-state index in [4.69, 9.17) is 4.52 Å². The van der Waals surface area contributed by atoms with Gasteiger partial charge in [-0.25, -0.2) is 0 Å². The van der Waals surface area contributed by atoms with Crippen LogP contribution in [0.3, 0.4) is 0 Å². The Hall–Kier alpha value is -3.21.